The highest BCUT2D eigenvalue weighted by atomic mass is 16.6. The van der Waals surface area contributed by atoms with Crippen LogP contribution in [-0.4, -0.2) is 39.9 Å². The minimum Gasteiger partial charge on any atom is -0.446 e. The van der Waals surface area contributed by atoms with Crippen molar-refractivity contribution in [3.05, 3.63) is 94.8 Å². The van der Waals surface area contributed by atoms with Crippen LogP contribution in [-0.2, 0) is 11.8 Å². The summed E-state index contributed by atoms with van der Waals surface area (Å²) in [6, 6.07) is 25.0. The molecule has 0 aliphatic carbocycles. The van der Waals surface area contributed by atoms with Gasteiger partial charge in [-0.1, -0.05) is 66.7 Å². The molecular formula is C27H32N2O4. The van der Waals surface area contributed by atoms with E-state index in [-0.39, 0.29) is 30.4 Å². The second-order valence-electron chi connectivity index (χ2n) is 8.11. The minimum atomic E-state index is -0.300. The Bertz CT molecular complexity index is 1040. The summed E-state index contributed by atoms with van der Waals surface area (Å²) in [7, 11) is 1.76. The predicted octanol–water partition coefficient (Wildman–Crippen LogP) is 4.78. The molecule has 6 heteroatoms. The lowest BCUT2D eigenvalue weighted by Crippen LogP contribution is -2.43. The maximum Gasteiger partial charge on any atom is 0.410 e. The van der Waals surface area contributed by atoms with E-state index in [1.165, 1.54) is 6.07 Å². The third-order valence-electron chi connectivity index (χ3n) is 5.89. The number of cyclic esters (lactones) is 1. The molecule has 0 radical (unpaired) electrons. The molecule has 4 rings (SSSR count). The van der Waals surface area contributed by atoms with Crippen LogP contribution in [0, 0.1) is 0 Å². The number of ether oxygens (including phenoxy) is 1. The number of aromatic nitrogens is 1. The van der Waals surface area contributed by atoms with Crippen molar-refractivity contribution >= 4 is 6.09 Å². The van der Waals surface area contributed by atoms with Gasteiger partial charge in [0.25, 0.3) is 5.56 Å². The fraction of sp³-hybridized carbons (Fsp3) is 0.333. The number of nitrogens with zero attached hydrogens (tertiary/aromatic N) is 2. The first-order valence-electron chi connectivity index (χ1n) is 11.4. The number of rotatable bonds is 6. The van der Waals surface area contributed by atoms with Crippen molar-refractivity contribution < 1.29 is 14.6 Å². The quantitative estimate of drug-likeness (QED) is 0.589. The van der Waals surface area contributed by atoms with Gasteiger partial charge in [0.2, 0.25) is 0 Å². The molecule has 0 bridgehead atoms. The van der Waals surface area contributed by atoms with Gasteiger partial charge in [-0.25, -0.2) is 4.79 Å². The maximum absolute atomic E-state index is 12.4. The standard InChI is InChI=1S/C21H26N2O4.C6H6/c1-15(23-13-12-18(5-4-14-24)27-21(23)26)16-8-10-17(11-9-16)19-6-3-7-20(25)22(19)2;1-2-4-6-5-3-1/h3,6-11,15,18,24H,4-5,12-14H2,1-2H3;1-6H. The molecule has 0 saturated carbocycles. The van der Waals surface area contributed by atoms with Crippen molar-refractivity contribution in [3.8, 4) is 11.3 Å². The van der Waals surface area contributed by atoms with Crippen LogP contribution in [0.1, 0.15) is 37.8 Å². The number of benzene rings is 2. The summed E-state index contributed by atoms with van der Waals surface area (Å²) in [5.74, 6) is 0. The van der Waals surface area contributed by atoms with E-state index < -0.39 is 0 Å². The number of carbonyl (C=O) groups excluding carboxylic acids is 1. The molecule has 1 aliphatic rings. The van der Waals surface area contributed by atoms with Crippen LogP contribution in [0.3, 0.4) is 0 Å². The summed E-state index contributed by atoms with van der Waals surface area (Å²) in [6.45, 7) is 2.75. The van der Waals surface area contributed by atoms with Gasteiger partial charge < -0.3 is 19.3 Å². The van der Waals surface area contributed by atoms with Crippen LogP contribution in [0.4, 0.5) is 4.79 Å². The average molecular weight is 449 g/mol. The molecule has 2 aromatic carbocycles. The van der Waals surface area contributed by atoms with E-state index in [2.05, 4.69) is 0 Å². The van der Waals surface area contributed by atoms with Gasteiger partial charge in [0.1, 0.15) is 6.10 Å². The van der Waals surface area contributed by atoms with E-state index in [0.29, 0.717) is 19.4 Å². The molecule has 2 atom stereocenters. The third-order valence-corrected chi connectivity index (χ3v) is 5.89. The highest BCUT2D eigenvalue weighted by Crippen LogP contribution is 2.28. The molecule has 6 nitrogen and oxygen atoms in total. The predicted molar refractivity (Wildman–Crippen MR) is 130 cm³/mol. The number of pyridine rings is 1. The highest BCUT2D eigenvalue weighted by Gasteiger charge is 2.30. The van der Waals surface area contributed by atoms with Crippen LogP contribution < -0.4 is 5.56 Å². The largest absolute Gasteiger partial charge is 0.446 e. The van der Waals surface area contributed by atoms with Crippen molar-refractivity contribution in [1.29, 1.82) is 0 Å². The lowest BCUT2D eigenvalue weighted by atomic mass is 10.0. The first kappa shape index (κ1) is 24.3. The maximum atomic E-state index is 12.4. The van der Waals surface area contributed by atoms with Gasteiger partial charge in [-0.2, -0.15) is 0 Å². The minimum absolute atomic E-state index is 0.0447. The van der Waals surface area contributed by atoms with Crippen molar-refractivity contribution in [3.63, 3.8) is 0 Å². The molecule has 2 unspecified atom stereocenters. The second-order valence-corrected chi connectivity index (χ2v) is 8.11. The number of aliphatic hydroxyl groups excluding tert-OH is 1. The molecular weight excluding hydrogens is 416 g/mol. The lowest BCUT2D eigenvalue weighted by molar-refractivity contribution is 0.00760. The van der Waals surface area contributed by atoms with E-state index in [1.54, 1.807) is 22.6 Å². The van der Waals surface area contributed by atoms with Gasteiger partial charge in [-0.15, -0.1) is 0 Å². The molecule has 1 aromatic heterocycles. The molecule has 1 amide bonds. The molecule has 0 spiro atoms. The summed E-state index contributed by atoms with van der Waals surface area (Å²) in [5.41, 5.74) is 2.78. The molecule has 1 N–H and O–H groups in total. The summed E-state index contributed by atoms with van der Waals surface area (Å²) < 4.78 is 7.12. The van der Waals surface area contributed by atoms with Crippen LogP contribution in [0.2, 0.25) is 0 Å². The Morgan fingerprint density at radius 3 is 2.18 bits per heavy atom. The first-order chi connectivity index (χ1) is 16.0. The van der Waals surface area contributed by atoms with Crippen LogP contribution in [0.25, 0.3) is 11.3 Å². The molecule has 1 saturated heterocycles. The summed E-state index contributed by atoms with van der Waals surface area (Å²) in [6.07, 6.45) is 1.73. The zero-order valence-corrected chi connectivity index (χ0v) is 19.3. The molecule has 1 fully saturated rings. The SMILES string of the molecule is CC(c1ccc(-c2cccc(=O)n2C)cc1)N1CCC(CCCO)OC1=O.c1ccccc1. The van der Waals surface area contributed by atoms with E-state index in [4.69, 9.17) is 9.84 Å². The Labute approximate surface area is 195 Å². The molecule has 174 valence electrons. The number of aliphatic hydroxyl groups is 1. The van der Waals surface area contributed by atoms with Gasteiger partial charge in [0.15, 0.2) is 0 Å². The fourth-order valence-electron chi connectivity index (χ4n) is 3.87. The van der Waals surface area contributed by atoms with Crippen molar-refractivity contribution in [2.75, 3.05) is 13.2 Å². The normalized spacial score (nSPS) is 16.4. The zero-order valence-electron chi connectivity index (χ0n) is 19.3. The van der Waals surface area contributed by atoms with Gasteiger partial charge in [-0.3, -0.25) is 4.79 Å². The van der Waals surface area contributed by atoms with Crippen LogP contribution >= 0.6 is 0 Å². The average Bonchev–Trinajstić information content (AvgIpc) is 2.86. The monoisotopic (exact) mass is 448 g/mol. The Morgan fingerprint density at radius 1 is 0.970 bits per heavy atom. The smallest absolute Gasteiger partial charge is 0.410 e. The number of hydrogen-bond acceptors (Lipinski definition) is 4. The number of amides is 1. The van der Waals surface area contributed by atoms with E-state index in [9.17, 15) is 9.59 Å². The first-order valence-corrected chi connectivity index (χ1v) is 11.4. The van der Waals surface area contributed by atoms with Crippen LogP contribution in [0.15, 0.2) is 83.7 Å². The van der Waals surface area contributed by atoms with E-state index >= 15 is 0 Å². The highest BCUT2D eigenvalue weighted by molar-refractivity contribution is 5.69. The van der Waals surface area contributed by atoms with Crippen molar-refractivity contribution in [2.24, 2.45) is 7.05 Å². The Hall–Kier alpha value is -3.38. The number of carbonyl (C=O) groups is 1. The Morgan fingerprint density at radius 2 is 1.61 bits per heavy atom. The molecule has 3 aromatic rings. The van der Waals surface area contributed by atoms with Gasteiger partial charge in [0, 0.05) is 32.7 Å². The van der Waals surface area contributed by atoms with Gasteiger partial charge >= 0.3 is 6.09 Å². The molecule has 2 heterocycles. The molecule has 33 heavy (non-hydrogen) atoms. The topological polar surface area (TPSA) is 71.8 Å². The van der Waals surface area contributed by atoms with E-state index in [1.807, 2.05) is 73.7 Å². The third kappa shape index (κ3) is 6.56. The zero-order chi connectivity index (χ0) is 23.6. The Balaban J connectivity index is 0.000000442. The Kier molecular flexibility index (Phi) is 8.84. The number of hydrogen-bond donors (Lipinski definition) is 1. The van der Waals surface area contributed by atoms with E-state index in [0.717, 1.165) is 23.2 Å². The summed E-state index contributed by atoms with van der Waals surface area (Å²) >= 11 is 0. The van der Waals surface area contributed by atoms with Gasteiger partial charge in [-0.05, 0) is 37.0 Å². The summed E-state index contributed by atoms with van der Waals surface area (Å²) in [5, 5.41) is 8.92. The van der Waals surface area contributed by atoms with Gasteiger partial charge in [0.05, 0.1) is 11.7 Å². The fourth-order valence-corrected chi connectivity index (χ4v) is 3.87. The summed E-state index contributed by atoms with van der Waals surface area (Å²) in [4.78, 5) is 25.9. The van der Waals surface area contributed by atoms with Crippen molar-refractivity contribution in [1.82, 2.24) is 9.47 Å². The van der Waals surface area contributed by atoms with Crippen LogP contribution in [0.5, 0.6) is 0 Å². The second kappa shape index (κ2) is 12.0. The lowest BCUT2D eigenvalue weighted by Gasteiger charge is -2.35. The molecule has 1 aliphatic heterocycles. The van der Waals surface area contributed by atoms with Crippen molar-refractivity contribution in [2.45, 2.75) is 38.3 Å².